The van der Waals surface area contributed by atoms with Crippen LogP contribution in [0.25, 0.3) is 6.08 Å². The number of allylic oxidation sites excluding steroid dienone is 3. The highest BCUT2D eigenvalue weighted by atomic mass is 16.1. The highest BCUT2D eigenvalue weighted by Crippen LogP contribution is 2.10. The minimum atomic E-state index is 0.0341. The predicted octanol–water partition coefficient (Wildman–Crippen LogP) is 5.09. The van der Waals surface area contributed by atoms with E-state index in [9.17, 15) is 4.79 Å². The maximum atomic E-state index is 12.0. The number of hydrogen-bond acceptors (Lipinski definition) is 1. The molecular formula is C20H20O. The number of ketones is 1. The van der Waals surface area contributed by atoms with E-state index in [1.165, 1.54) is 5.56 Å². The Labute approximate surface area is 126 Å². The lowest BCUT2D eigenvalue weighted by Gasteiger charge is -1.99. The zero-order chi connectivity index (χ0) is 14.9. The van der Waals surface area contributed by atoms with Gasteiger partial charge in [-0.1, -0.05) is 79.7 Å². The van der Waals surface area contributed by atoms with Gasteiger partial charge in [-0.3, -0.25) is 4.79 Å². The lowest BCUT2D eigenvalue weighted by molar-refractivity contribution is 0.104. The SMILES string of the molecule is CCC=CCc1cccc(C=CC(=O)c2ccccc2)c1. The molecule has 1 heteroatoms. The Morgan fingerprint density at radius 3 is 2.57 bits per heavy atom. The molecule has 2 aromatic rings. The van der Waals surface area contributed by atoms with E-state index in [0.717, 1.165) is 24.0 Å². The van der Waals surface area contributed by atoms with Crippen LogP contribution in [-0.4, -0.2) is 5.78 Å². The first kappa shape index (κ1) is 15.0. The summed E-state index contributed by atoms with van der Waals surface area (Å²) in [6.45, 7) is 2.13. The van der Waals surface area contributed by atoms with Crippen LogP contribution >= 0.6 is 0 Å². The van der Waals surface area contributed by atoms with Gasteiger partial charge in [-0.15, -0.1) is 0 Å². The zero-order valence-electron chi connectivity index (χ0n) is 12.3. The van der Waals surface area contributed by atoms with E-state index in [4.69, 9.17) is 0 Å². The quantitative estimate of drug-likeness (QED) is 0.408. The molecule has 0 bridgehead atoms. The number of carbonyl (C=O) groups excluding carboxylic acids is 1. The fraction of sp³-hybridized carbons (Fsp3) is 0.150. The number of hydrogen-bond donors (Lipinski definition) is 0. The van der Waals surface area contributed by atoms with Gasteiger partial charge < -0.3 is 0 Å². The van der Waals surface area contributed by atoms with Gasteiger partial charge in [0.05, 0.1) is 0 Å². The average molecular weight is 276 g/mol. The van der Waals surface area contributed by atoms with Crippen molar-refractivity contribution in [1.82, 2.24) is 0 Å². The second-order valence-corrected chi connectivity index (χ2v) is 4.89. The lowest BCUT2D eigenvalue weighted by atomic mass is 10.1. The summed E-state index contributed by atoms with van der Waals surface area (Å²) in [5.74, 6) is 0.0341. The van der Waals surface area contributed by atoms with Gasteiger partial charge in [0.15, 0.2) is 5.78 Å². The third-order valence-corrected chi connectivity index (χ3v) is 3.19. The molecule has 0 unspecified atom stereocenters. The molecular weight excluding hydrogens is 256 g/mol. The molecule has 0 aromatic heterocycles. The number of rotatable bonds is 6. The molecule has 21 heavy (non-hydrogen) atoms. The van der Waals surface area contributed by atoms with Gasteiger partial charge in [-0.05, 0) is 30.0 Å². The van der Waals surface area contributed by atoms with Crippen molar-refractivity contribution < 1.29 is 4.79 Å². The molecule has 0 spiro atoms. The summed E-state index contributed by atoms with van der Waals surface area (Å²) in [5.41, 5.74) is 3.03. The lowest BCUT2D eigenvalue weighted by Crippen LogP contribution is -1.92. The first-order valence-electron chi connectivity index (χ1n) is 7.31. The molecule has 0 N–H and O–H groups in total. The van der Waals surface area contributed by atoms with Crippen molar-refractivity contribution in [3.8, 4) is 0 Å². The van der Waals surface area contributed by atoms with Crippen LogP contribution in [0.4, 0.5) is 0 Å². The van der Waals surface area contributed by atoms with E-state index in [-0.39, 0.29) is 5.78 Å². The molecule has 0 fully saturated rings. The molecule has 0 radical (unpaired) electrons. The van der Waals surface area contributed by atoms with Crippen LogP contribution in [0.1, 0.15) is 34.8 Å². The monoisotopic (exact) mass is 276 g/mol. The van der Waals surface area contributed by atoms with E-state index in [1.54, 1.807) is 6.08 Å². The van der Waals surface area contributed by atoms with Crippen molar-refractivity contribution in [2.75, 3.05) is 0 Å². The molecule has 2 rings (SSSR count). The van der Waals surface area contributed by atoms with Crippen molar-refractivity contribution in [1.29, 1.82) is 0 Å². The maximum Gasteiger partial charge on any atom is 0.185 e. The summed E-state index contributed by atoms with van der Waals surface area (Å²) in [4.78, 5) is 12.0. The van der Waals surface area contributed by atoms with Crippen LogP contribution in [0.15, 0.2) is 72.8 Å². The Hall–Kier alpha value is -2.41. The Bertz CT molecular complexity index is 636. The number of benzene rings is 2. The molecule has 2 aromatic carbocycles. The molecule has 0 atom stereocenters. The second kappa shape index (κ2) is 8.01. The van der Waals surface area contributed by atoms with Crippen LogP contribution in [0, 0.1) is 0 Å². The summed E-state index contributed by atoms with van der Waals surface area (Å²) < 4.78 is 0. The standard InChI is InChI=1S/C20H20O/c1-2-3-5-9-17-10-8-11-18(16-17)14-15-20(21)19-12-6-4-7-13-19/h3-8,10-16H,2,9H2,1H3. The van der Waals surface area contributed by atoms with Gasteiger partial charge in [0.1, 0.15) is 0 Å². The smallest absolute Gasteiger partial charge is 0.185 e. The molecule has 106 valence electrons. The van der Waals surface area contributed by atoms with Crippen LogP contribution in [0.2, 0.25) is 0 Å². The molecule has 0 saturated heterocycles. The third kappa shape index (κ3) is 4.88. The first-order chi connectivity index (χ1) is 10.3. The Morgan fingerprint density at radius 2 is 1.81 bits per heavy atom. The first-order valence-corrected chi connectivity index (χ1v) is 7.31. The van der Waals surface area contributed by atoms with E-state index in [0.29, 0.717) is 0 Å². The van der Waals surface area contributed by atoms with E-state index >= 15 is 0 Å². The van der Waals surface area contributed by atoms with Gasteiger partial charge >= 0.3 is 0 Å². The average Bonchev–Trinajstić information content (AvgIpc) is 2.54. The van der Waals surface area contributed by atoms with Crippen molar-refractivity contribution >= 4 is 11.9 Å². The van der Waals surface area contributed by atoms with Crippen molar-refractivity contribution in [2.45, 2.75) is 19.8 Å². The Kier molecular flexibility index (Phi) is 5.71. The van der Waals surface area contributed by atoms with Gasteiger partial charge in [0.25, 0.3) is 0 Å². The van der Waals surface area contributed by atoms with E-state index in [1.807, 2.05) is 48.5 Å². The van der Waals surface area contributed by atoms with Crippen LogP contribution in [0.3, 0.4) is 0 Å². The highest BCUT2D eigenvalue weighted by Gasteiger charge is 1.99. The number of carbonyl (C=O) groups is 1. The molecule has 0 aliphatic rings. The predicted molar refractivity (Wildman–Crippen MR) is 89.4 cm³/mol. The second-order valence-electron chi connectivity index (χ2n) is 4.89. The summed E-state index contributed by atoms with van der Waals surface area (Å²) in [7, 11) is 0. The summed E-state index contributed by atoms with van der Waals surface area (Å²) in [6, 6.07) is 17.6. The molecule has 0 amide bonds. The zero-order valence-corrected chi connectivity index (χ0v) is 12.3. The Balaban J connectivity index is 2.05. The van der Waals surface area contributed by atoms with Crippen LogP contribution in [0.5, 0.6) is 0 Å². The summed E-state index contributed by atoms with van der Waals surface area (Å²) in [5, 5.41) is 0. The van der Waals surface area contributed by atoms with Crippen molar-refractivity contribution in [3.05, 3.63) is 89.5 Å². The van der Waals surface area contributed by atoms with Gasteiger partial charge in [-0.25, -0.2) is 0 Å². The molecule has 0 aliphatic carbocycles. The fourth-order valence-electron chi connectivity index (χ4n) is 2.08. The maximum absolute atomic E-state index is 12.0. The fourth-order valence-corrected chi connectivity index (χ4v) is 2.08. The van der Waals surface area contributed by atoms with Crippen LogP contribution in [-0.2, 0) is 6.42 Å². The van der Waals surface area contributed by atoms with E-state index < -0.39 is 0 Å². The van der Waals surface area contributed by atoms with Crippen molar-refractivity contribution in [3.63, 3.8) is 0 Å². The molecule has 0 heterocycles. The van der Waals surface area contributed by atoms with Gasteiger partial charge in [-0.2, -0.15) is 0 Å². The van der Waals surface area contributed by atoms with Crippen LogP contribution < -0.4 is 0 Å². The highest BCUT2D eigenvalue weighted by molar-refractivity contribution is 6.06. The van der Waals surface area contributed by atoms with Gasteiger partial charge in [0, 0.05) is 5.56 Å². The topological polar surface area (TPSA) is 17.1 Å². The normalized spacial score (nSPS) is 11.3. The molecule has 1 nitrogen and oxygen atoms in total. The Morgan fingerprint density at radius 1 is 1.00 bits per heavy atom. The third-order valence-electron chi connectivity index (χ3n) is 3.19. The largest absolute Gasteiger partial charge is 0.289 e. The minimum Gasteiger partial charge on any atom is -0.289 e. The molecule has 0 aliphatic heterocycles. The minimum absolute atomic E-state index is 0.0341. The summed E-state index contributed by atoms with van der Waals surface area (Å²) in [6.07, 6.45) is 9.85. The van der Waals surface area contributed by atoms with Crippen molar-refractivity contribution in [2.24, 2.45) is 0 Å². The summed E-state index contributed by atoms with van der Waals surface area (Å²) >= 11 is 0. The van der Waals surface area contributed by atoms with Gasteiger partial charge in [0.2, 0.25) is 0 Å². The van der Waals surface area contributed by atoms with E-state index in [2.05, 4.69) is 31.2 Å². The molecule has 0 saturated carbocycles.